The SMILES string of the molecule is Cc1cccc2ccc3cccc(-c4cccc5ccc6cc(-c7c8ccccc8c(-c8ccc(-c9ccccn9)cc8)c8ccccc78)ccc6c45)c3c12. The van der Waals surface area contributed by atoms with E-state index in [0.717, 1.165) is 11.3 Å². The lowest BCUT2D eigenvalue weighted by atomic mass is 9.84. The molecular formula is C54H35N. The summed E-state index contributed by atoms with van der Waals surface area (Å²) in [6.07, 6.45) is 1.85. The van der Waals surface area contributed by atoms with E-state index in [4.69, 9.17) is 0 Å². The van der Waals surface area contributed by atoms with Crippen LogP contribution in [0.1, 0.15) is 5.56 Å². The van der Waals surface area contributed by atoms with Crippen LogP contribution in [0.4, 0.5) is 0 Å². The van der Waals surface area contributed by atoms with E-state index in [-0.39, 0.29) is 0 Å². The molecule has 0 aliphatic carbocycles. The van der Waals surface area contributed by atoms with Gasteiger partial charge >= 0.3 is 0 Å². The van der Waals surface area contributed by atoms with E-state index >= 15 is 0 Å². The van der Waals surface area contributed by atoms with E-state index in [1.807, 2.05) is 18.3 Å². The van der Waals surface area contributed by atoms with E-state index in [2.05, 4.69) is 188 Å². The molecular weight excluding hydrogens is 663 g/mol. The first kappa shape index (κ1) is 31.4. The number of hydrogen-bond donors (Lipinski definition) is 0. The summed E-state index contributed by atoms with van der Waals surface area (Å²) >= 11 is 0. The standard InChI is InChI=1S/C54H35N/c1-34-11-8-12-36-26-27-38-14-10-20-48(54(38)50(34)36)47-19-9-13-37-28-29-40-33-41(30-31-42(40)51(37)47)53-45-17-4-2-15-43(45)52(44-16-3-5-18-46(44)53)39-24-22-35(23-25-39)49-21-6-7-32-55-49/h2-33H,1H3. The molecule has 1 heteroatoms. The molecule has 1 aromatic heterocycles. The van der Waals surface area contributed by atoms with Crippen LogP contribution in [0.5, 0.6) is 0 Å². The van der Waals surface area contributed by atoms with E-state index in [9.17, 15) is 0 Å². The summed E-state index contributed by atoms with van der Waals surface area (Å²) in [6.45, 7) is 2.23. The first-order valence-corrected chi connectivity index (χ1v) is 19.0. The molecule has 0 atom stereocenters. The molecule has 0 N–H and O–H groups in total. The number of aryl methyl sites for hydroxylation is 1. The quantitative estimate of drug-likeness (QED) is 0.132. The highest BCUT2D eigenvalue weighted by Crippen LogP contribution is 2.46. The normalized spacial score (nSPS) is 11.7. The molecule has 1 heterocycles. The Morgan fingerprint density at radius 2 is 0.836 bits per heavy atom. The first-order chi connectivity index (χ1) is 27.2. The molecule has 11 rings (SSSR count). The van der Waals surface area contributed by atoms with Crippen molar-refractivity contribution in [1.82, 2.24) is 4.98 Å². The van der Waals surface area contributed by atoms with Crippen molar-refractivity contribution in [3.8, 4) is 44.6 Å². The van der Waals surface area contributed by atoms with Crippen molar-refractivity contribution >= 4 is 64.6 Å². The number of pyridine rings is 1. The third-order valence-electron chi connectivity index (χ3n) is 11.6. The predicted molar refractivity (Wildman–Crippen MR) is 236 cm³/mol. The number of hydrogen-bond acceptors (Lipinski definition) is 1. The highest BCUT2D eigenvalue weighted by Gasteiger charge is 2.18. The van der Waals surface area contributed by atoms with E-state index < -0.39 is 0 Å². The zero-order valence-electron chi connectivity index (χ0n) is 30.4. The second kappa shape index (κ2) is 12.5. The minimum atomic E-state index is 0.982. The van der Waals surface area contributed by atoms with Gasteiger partial charge in [0, 0.05) is 11.8 Å². The zero-order valence-corrected chi connectivity index (χ0v) is 30.4. The third kappa shape index (κ3) is 4.97. The molecule has 11 aromatic rings. The third-order valence-corrected chi connectivity index (χ3v) is 11.6. The Kier molecular flexibility index (Phi) is 7.15. The Bertz CT molecular complexity index is 3250. The molecule has 0 saturated carbocycles. The number of nitrogens with zero attached hydrogens (tertiary/aromatic N) is 1. The summed E-state index contributed by atoms with van der Waals surface area (Å²) < 4.78 is 0. The van der Waals surface area contributed by atoms with Crippen LogP contribution >= 0.6 is 0 Å². The van der Waals surface area contributed by atoms with Gasteiger partial charge in [0.05, 0.1) is 5.69 Å². The average Bonchev–Trinajstić information content (AvgIpc) is 3.25. The molecule has 0 unspecified atom stereocenters. The van der Waals surface area contributed by atoms with Gasteiger partial charge in [0.15, 0.2) is 0 Å². The van der Waals surface area contributed by atoms with Gasteiger partial charge in [-0.15, -0.1) is 0 Å². The molecule has 256 valence electrons. The van der Waals surface area contributed by atoms with Crippen LogP contribution in [0.2, 0.25) is 0 Å². The maximum atomic E-state index is 4.58. The van der Waals surface area contributed by atoms with Crippen molar-refractivity contribution in [2.45, 2.75) is 6.92 Å². The van der Waals surface area contributed by atoms with Crippen LogP contribution in [0, 0.1) is 6.92 Å². The number of benzene rings is 10. The largest absolute Gasteiger partial charge is 0.256 e. The van der Waals surface area contributed by atoms with Crippen molar-refractivity contribution in [2.75, 3.05) is 0 Å². The highest BCUT2D eigenvalue weighted by atomic mass is 14.7. The van der Waals surface area contributed by atoms with Crippen LogP contribution in [-0.2, 0) is 0 Å². The molecule has 0 fully saturated rings. The van der Waals surface area contributed by atoms with Gasteiger partial charge in [-0.05, 0) is 129 Å². The van der Waals surface area contributed by atoms with E-state index in [0.29, 0.717) is 0 Å². The minimum absolute atomic E-state index is 0.982. The minimum Gasteiger partial charge on any atom is -0.256 e. The Balaban J connectivity index is 1.13. The summed E-state index contributed by atoms with van der Waals surface area (Å²) in [5, 5.41) is 15.3. The lowest BCUT2D eigenvalue weighted by Gasteiger charge is -2.19. The van der Waals surface area contributed by atoms with Crippen LogP contribution in [0.15, 0.2) is 194 Å². The van der Waals surface area contributed by atoms with Gasteiger partial charge in [-0.25, -0.2) is 0 Å². The van der Waals surface area contributed by atoms with Crippen molar-refractivity contribution in [1.29, 1.82) is 0 Å². The molecule has 0 amide bonds. The average molecular weight is 698 g/mol. The van der Waals surface area contributed by atoms with Crippen LogP contribution < -0.4 is 0 Å². The van der Waals surface area contributed by atoms with E-state index in [1.165, 1.54) is 104 Å². The summed E-state index contributed by atoms with van der Waals surface area (Å²) in [5.74, 6) is 0. The second-order valence-electron chi connectivity index (χ2n) is 14.7. The number of rotatable bonds is 4. The van der Waals surface area contributed by atoms with Gasteiger partial charge in [0.2, 0.25) is 0 Å². The van der Waals surface area contributed by atoms with Crippen LogP contribution in [0.25, 0.3) is 109 Å². The monoisotopic (exact) mass is 697 g/mol. The van der Waals surface area contributed by atoms with Crippen molar-refractivity contribution in [3.05, 3.63) is 200 Å². The van der Waals surface area contributed by atoms with Crippen molar-refractivity contribution in [3.63, 3.8) is 0 Å². The number of fused-ring (bicyclic) bond motifs is 8. The molecule has 0 aliphatic rings. The topological polar surface area (TPSA) is 12.9 Å². The van der Waals surface area contributed by atoms with Crippen LogP contribution in [-0.4, -0.2) is 4.98 Å². The van der Waals surface area contributed by atoms with Gasteiger partial charge in [-0.2, -0.15) is 0 Å². The van der Waals surface area contributed by atoms with Gasteiger partial charge < -0.3 is 0 Å². The summed E-state index contributed by atoms with van der Waals surface area (Å²) in [4.78, 5) is 4.58. The van der Waals surface area contributed by atoms with Crippen molar-refractivity contribution in [2.24, 2.45) is 0 Å². The fraction of sp³-hybridized carbons (Fsp3) is 0.0185. The molecule has 10 aromatic carbocycles. The summed E-state index contributed by atoms with van der Waals surface area (Å²) in [6, 6.07) is 69.2. The van der Waals surface area contributed by atoms with Gasteiger partial charge in [-0.3, -0.25) is 4.98 Å². The molecule has 0 saturated heterocycles. The summed E-state index contributed by atoms with van der Waals surface area (Å²) in [7, 11) is 0. The lowest BCUT2D eigenvalue weighted by Crippen LogP contribution is -1.92. The molecule has 0 bridgehead atoms. The van der Waals surface area contributed by atoms with Crippen LogP contribution in [0.3, 0.4) is 0 Å². The van der Waals surface area contributed by atoms with Crippen molar-refractivity contribution < 1.29 is 0 Å². The highest BCUT2D eigenvalue weighted by molar-refractivity contribution is 6.24. The Morgan fingerprint density at radius 3 is 1.47 bits per heavy atom. The van der Waals surface area contributed by atoms with Gasteiger partial charge in [0.1, 0.15) is 0 Å². The first-order valence-electron chi connectivity index (χ1n) is 19.0. The van der Waals surface area contributed by atoms with Gasteiger partial charge in [0.25, 0.3) is 0 Å². The Labute approximate surface area is 319 Å². The molecule has 0 aliphatic heterocycles. The fourth-order valence-electron chi connectivity index (χ4n) is 9.15. The van der Waals surface area contributed by atoms with Gasteiger partial charge in [-0.1, -0.05) is 170 Å². The molecule has 0 spiro atoms. The molecule has 55 heavy (non-hydrogen) atoms. The molecule has 1 nitrogen and oxygen atoms in total. The lowest BCUT2D eigenvalue weighted by molar-refractivity contribution is 1.33. The Morgan fingerprint density at radius 1 is 0.327 bits per heavy atom. The second-order valence-corrected chi connectivity index (χ2v) is 14.7. The maximum absolute atomic E-state index is 4.58. The predicted octanol–water partition coefficient (Wildman–Crippen LogP) is 15.0. The fourth-order valence-corrected chi connectivity index (χ4v) is 9.15. The maximum Gasteiger partial charge on any atom is 0.0701 e. The summed E-state index contributed by atoms with van der Waals surface area (Å²) in [5.41, 5.74) is 10.9. The molecule has 0 radical (unpaired) electrons. The smallest absolute Gasteiger partial charge is 0.0701 e. The zero-order chi connectivity index (χ0) is 36.5. The number of aromatic nitrogens is 1. The Hall–Kier alpha value is -7.09. The van der Waals surface area contributed by atoms with E-state index in [1.54, 1.807) is 0 Å².